The van der Waals surface area contributed by atoms with Gasteiger partial charge >= 0.3 is 0 Å². The fraction of sp³-hybridized carbons (Fsp3) is 0.333. The number of amides is 1. The zero-order chi connectivity index (χ0) is 13.2. The monoisotopic (exact) mass is 255 g/mol. The van der Waals surface area contributed by atoms with Crippen LogP contribution in [0.2, 0.25) is 0 Å². The molecular weight excluding hydrogens is 238 g/mol. The van der Waals surface area contributed by atoms with Crippen LogP contribution in [0.25, 0.3) is 10.8 Å². The third kappa shape index (κ3) is 2.44. The van der Waals surface area contributed by atoms with Crippen LogP contribution in [0.1, 0.15) is 23.3 Å². The smallest absolute Gasteiger partial charge is 0.270 e. The minimum Gasteiger partial charge on any atom is -0.346 e. The maximum absolute atomic E-state index is 12.3. The molecular formula is C15H17N3O. The highest BCUT2D eigenvalue weighted by molar-refractivity contribution is 6.05. The van der Waals surface area contributed by atoms with Gasteiger partial charge in [-0.1, -0.05) is 24.3 Å². The van der Waals surface area contributed by atoms with E-state index in [0.717, 1.165) is 23.6 Å². The molecule has 3 N–H and O–H groups in total. The van der Waals surface area contributed by atoms with Crippen LogP contribution >= 0.6 is 0 Å². The number of nitrogens with zero attached hydrogens (tertiary/aromatic N) is 1. The number of nitrogens with one attached hydrogen (secondary N) is 1. The Labute approximate surface area is 112 Å². The highest BCUT2D eigenvalue weighted by atomic mass is 16.1. The Balaban J connectivity index is 1.88. The normalized spacial score (nSPS) is 16.3. The third-order valence-corrected chi connectivity index (χ3v) is 3.65. The summed E-state index contributed by atoms with van der Waals surface area (Å²) in [6, 6.07) is 9.76. The molecule has 1 atom stereocenters. The minimum absolute atomic E-state index is 0.0771. The zero-order valence-corrected chi connectivity index (χ0v) is 10.7. The quantitative estimate of drug-likeness (QED) is 0.873. The van der Waals surface area contributed by atoms with Crippen molar-refractivity contribution in [3.8, 4) is 0 Å². The summed E-state index contributed by atoms with van der Waals surface area (Å²) in [5, 5.41) is 4.92. The Morgan fingerprint density at radius 3 is 2.89 bits per heavy atom. The Morgan fingerprint density at radius 1 is 1.37 bits per heavy atom. The molecule has 0 aliphatic heterocycles. The molecule has 2 aromatic rings. The summed E-state index contributed by atoms with van der Waals surface area (Å²) < 4.78 is 0. The number of pyridine rings is 1. The van der Waals surface area contributed by atoms with Crippen LogP contribution in [-0.4, -0.2) is 23.5 Å². The number of carbonyl (C=O) groups is 1. The van der Waals surface area contributed by atoms with Crippen LogP contribution in [0.5, 0.6) is 0 Å². The van der Waals surface area contributed by atoms with Gasteiger partial charge in [-0.05, 0) is 30.2 Å². The number of aromatic nitrogens is 1. The van der Waals surface area contributed by atoms with Crippen LogP contribution < -0.4 is 11.1 Å². The average Bonchev–Trinajstić information content (AvgIpc) is 3.28. The molecule has 98 valence electrons. The van der Waals surface area contributed by atoms with Gasteiger partial charge in [0.25, 0.3) is 5.91 Å². The summed E-state index contributed by atoms with van der Waals surface area (Å²) in [6.07, 6.45) is 3.99. The standard InChI is InChI=1S/C15H17N3O/c16-9-13(11-5-6-11)18-15(19)14-12-4-2-1-3-10(12)7-8-17-14/h1-4,7-8,11,13H,5-6,9,16H2,(H,18,19). The van der Waals surface area contributed by atoms with E-state index in [2.05, 4.69) is 10.3 Å². The van der Waals surface area contributed by atoms with E-state index in [1.165, 1.54) is 0 Å². The predicted molar refractivity (Wildman–Crippen MR) is 74.8 cm³/mol. The van der Waals surface area contributed by atoms with Gasteiger partial charge in [0.2, 0.25) is 0 Å². The van der Waals surface area contributed by atoms with Gasteiger partial charge in [-0.15, -0.1) is 0 Å². The number of rotatable bonds is 4. The van der Waals surface area contributed by atoms with Crippen LogP contribution in [-0.2, 0) is 0 Å². The second-order valence-electron chi connectivity index (χ2n) is 5.03. The molecule has 0 bridgehead atoms. The van der Waals surface area contributed by atoms with Crippen molar-refractivity contribution in [2.45, 2.75) is 18.9 Å². The Morgan fingerprint density at radius 2 is 2.16 bits per heavy atom. The van der Waals surface area contributed by atoms with Crippen molar-refractivity contribution in [2.24, 2.45) is 11.7 Å². The SMILES string of the molecule is NCC(NC(=O)c1nccc2ccccc12)C1CC1. The van der Waals surface area contributed by atoms with E-state index in [-0.39, 0.29) is 11.9 Å². The molecule has 19 heavy (non-hydrogen) atoms. The van der Waals surface area contributed by atoms with Crippen LogP contribution in [0.3, 0.4) is 0 Å². The van der Waals surface area contributed by atoms with Crippen LogP contribution in [0.4, 0.5) is 0 Å². The maximum Gasteiger partial charge on any atom is 0.270 e. The molecule has 1 aromatic heterocycles. The number of hydrogen-bond acceptors (Lipinski definition) is 3. The molecule has 0 spiro atoms. The highest BCUT2D eigenvalue weighted by Gasteiger charge is 2.31. The van der Waals surface area contributed by atoms with Gasteiger partial charge in [0.1, 0.15) is 5.69 Å². The van der Waals surface area contributed by atoms with E-state index in [1.807, 2.05) is 30.3 Å². The molecule has 1 amide bonds. The van der Waals surface area contributed by atoms with Crippen LogP contribution in [0, 0.1) is 5.92 Å². The molecule has 1 aliphatic rings. The van der Waals surface area contributed by atoms with Crippen molar-refractivity contribution in [1.29, 1.82) is 0 Å². The third-order valence-electron chi connectivity index (χ3n) is 3.65. The van der Waals surface area contributed by atoms with E-state index < -0.39 is 0 Å². The largest absolute Gasteiger partial charge is 0.346 e. The van der Waals surface area contributed by atoms with E-state index in [9.17, 15) is 4.79 Å². The highest BCUT2D eigenvalue weighted by Crippen LogP contribution is 2.32. The molecule has 0 radical (unpaired) electrons. The fourth-order valence-corrected chi connectivity index (χ4v) is 2.41. The maximum atomic E-state index is 12.3. The average molecular weight is 255 g/mol. The van der Waals surface area contributed by atoms with Gasteiger partial charge in [-0.2, -0.15) is 0 Å². The minimum atomic E-state index is -0.126. The summed E-state index contributed by atoms with van der Waals surface area (Å²) >= 11 is 0. The molecule has 1 aromatic carbocycles. The second-order valence-corrected chi connectivity index (χ2v) is 5.03. The van der Waals surface area contributed by atoms with Crippen molar-refractivity contribution >= 4 is 16.7 Å². The van der Waals surface area contributed by atoms with Crippen molar-refractivity contribution in [2.75, 3.05) is 6.54 Å². The second kappa shape index (κ2) is 4.97. The van der Waals surface area contributed by atoms with Crippen LogP contribution in [0.15, 0.2) is 36.5 Å². The van der Waals surface area contributed by atoms with E-state index in [4.69, 9.17) is 5.73 Å². The van der Waals surface area contributed by atoms with Gasteiger partial charge < -0.3 is 11.1 Å². The molecule has 0 saturated heterocycles. The van der Waals surface area contributed by atoms with Gasteiger partial charge in [0.05, 0.1) is 0 Å². The van der Waals surface area contributed by atoms with Crippen molar-refractivity contribution in [3.05, 3.63) is 42.2 Å². The van der Waals surface area contributed by atoms with Crippen molar-refractivity contribution in [1.82, 2.24) is 10.3 Å². The lowest BCUT2D eigenvalue weighted by atomic mass is 10.1. The molecule has 1 heterocycles. The number of carbonyl (C=O) groups excluding carboxylic acids is 1. The fourth-order valence-electron chi connectivity index (χ4n) is 2.41. The van der Waals surface area contributed by atoms with Gasteiger partial charge in [0.15, 0.2) is 0 Å². The van der Waals surface area contributed by atoms with Crippen molar-refractivity contribution in [3.63, 3.8) is 0 Å². The lowest BCUT2D eigenvalue weighted by Crippen LogP contribution is -2.42. The molecule has 1 fully saturated rings. The zero-order valence-electron chi connectivity index (χ0n) is 10.7. The number of benzene rings is 1. The topological polar surface area (TPSA) is 68.0 Å². The first-order valence-corrected chi connectivity index (χ1v) is 6.64. The molecule has 1 unspecified atom stereocenters. The molecule has 3 rings (SSSR count). The number of nitrogens with two attached hydrogens (primary N) is 1. The Hall–Kier alpha value is -1.94. The van der Waals surface area contributed by atoms with Gasteiger partial charge in [-0.3, -0.25) is 9.78 Å². The number of fused-ring (bicyclic) bond motifs is 1. The van der Waals surface area contributed by atoms with E-state index in [0.29, 0.717) is 18.2 Å². The summed E-state index contributed by atoms with van der Waals surface area (Å²) in [6.45, 7) is 0.487. The summed E-state index contributed by atoms with van der Waals surface area (Å²) in [5.74, 6) is 0.420. The summed E-state index contributed by atoms with van der Waals surface area (Å²) in [7, 11) is 0. The van der Waals surface area contributed by atoms with Crippen molar-refractivity contribution < 1.29 is 4.79 Å². The summed E-state index contributed by atoms with van der Waals surface area (Å²) in [4.78, 5) is 16.6. The molecule has 1 saturated carbocycles. The Bertz CT molecular complexity index is 602. The first-order valence-electron chi connectivity index (χ1n) is 6.64. The van der Waals surface area contributed by atoms with Gasteiger partial charge in [0, 0.05) is 24.2 Å². The number of hydrogen-bond donors (Lipinski definition) is 2. The lowest BCUT2D eigenvalue weighted by Gasteiger charge is -2.16. The predicted octanol–water partition coefficient (Wildman–Crippen LogP) is 1.70. The molecule has 4 heteroatoms. The Kier molecular flexibility index (Phi) is 3.17. The first-order chi connectivity index (χ1) is 9.29. The molecule has 4 nitrogen and oxygen atoms in total. The van der Waals surface area contributed by atoms with Gasteiger partial charge in [-0.25, -0.2) is 0 Å². The van der Waals surface area contributed by atoms with E-state index >= 15 is 0 Å². The first kappa shape index (κ1) is 12.1. The van der Waals surface area contributed by atoms with E-state index in [1.54, 1.807) is 6.20 Å². The molecule has 1 aliphatic carbocycles. The summed E-state index contributed by atoms with van der Waals surface area (Å²) in [5.41, 5.74) is 6.20. The lowest BCUT2D eigenvalue weighted by molar-refractivity contribution is 0.0930.